The zero-order chi connectivity index (χ0) is 13.7. The number of halogens is 1. The molecule has 1 aromatic heterocycles. The summed E-state index contributed by atoms with van der Waals surface area (Å²) in [6.07, 6.45) is 3.68. The molecule has 19 heavy (non-hydrogen) atoms. The van der Waals surface area contributed by atoms with Crippen molar-refractivity contribution in [3.63, 3.8) is 0 Å². The summed E-state index contributed by atoms with van der Waals surface area (Å²) in [6.45, 7) is 2.13. The van der Waals surface area contributed by atoms with Crippen LogP contribution in [-0.2, 0) is 6.42 Å². The molecule has 0 unspecified atom stereocenters. The van der Waals surface area contributed by atoms with Crippen molar-refractivity contribution in [1.82, 2.24) is 10.1 Å². The minimum Gasteiger partial charge on any atom is -0.338 e. The van der Waals surface area contributed by atoms with Crippen LogP contribution in [0.4, 0.5) is 0 Å². The molecular weight excluding hydrogens is 262 g/mol. The van der Waals surface area contributed by atoms with Crippen molar-refractivity contribution in [3.8, 4) is 0 Å². The van der Waals surface area contributed by atoms with E-state index in [-0.39, 0.29) is 6.04 Å². The highest BCUT2D eigenvalue weighted by Gasteiger charge is 2.14. The second kappa shape index (κ2) is 6.68. The van der Waals surface area contributed by atoms with Gasteiger partial charge in [0, 0.05) is 11.4 Å². The van der Waals surface area contributed by atoms with Gasteiger partial charge < -0.3 is 10.3 Å². The highest BCUT2D eigenvalue weighted by atomic mass is 35.5. The summed E-state index contributed by atoms with van der Waals surface area (Å²) in [5.41, 5.74) is 7.09. The summed E-state index contributed by atoms with van der Waals surface area (Å²) in [5, 5.41) is 4.69. The van der Waals surface area contributed by atoms with Crippen molar-refractivity contribution >= 4 is 11.6 Å². The number of nitrogens with two attached hydrogens (primary N) is 1. The van der Waals surface area contributed by atoms with Gasteiger partial charge in [-0.15, -0.1) is 0 Å². The van der Waals surface area contributed by atoms with Gasteiger partial charge in [-0.05, 0) is 24.1 Å². The third-order valence-electron chi connectivity index (χ3n) is 2.95. The molecule has 0 aliphatic heterocycles. The van der Waals surface area contributed by atoms with E-state index in [1.54, 1.807) is 0 Å². The van der Waals surface area contributed by atoms with E-state index in [0.29, 0.717) is 18.1 Å². The topological polar surface area (TPSA) is 64.9 Å². The van der Waals surface area contributed by atoms with Gasteiger partial charge >= 0.3 is 0 Å². The fraction of sp³-hybridized carbons (Fsp3) is 0.429. The lowest BCUT2D eigenvalue weighted by atomic mass is 10.1. The monoisotopic (exact) mass is 279 g/mol. The molecule has 0 amide bonds. The first-order chi connectivity index (χ1) is 9.19. The minimum atomic E-state index is -0.161. The molecular formula is C14H18ClN3O. The highest BCUT2D eigenvalue weighted by Crippen LogP contribution is 2.16. The quantitative estimate of drug-likeness (QED) is 0.879. The Morgan fingerprint density at radius 2 is 2.05 bits per heavy atom. The molecule has 0 saturated carbocycles. The smallest absolute Gasteiger partial charge is 0.243 e. The van der Waals surface area contributed by atoms with Crippen LogP contribution in [0.25, 0.3) is 0 Å². The van der Waals surface area contributed by atoms with Crippen LogP contribution in [0.3, 0.4) is 0 Å². The fourth-order valence-corrected chi connectivity index (χ4v) is 1.95. The summed E-state index contributed by atoms with van der Waals surface area (Å²) < 4.78 is 5.21. The molecule has 1 atom stereocenters. The number of hydrogen-bond donors (Lipinski definition) is 1. The molecule has 102 valence electrons. The molecule has 0 spiro atoms. The van der Waals surface area contributed by atoms with E-state index in [0.717, 1.165) is 29.8 Å². The van der Waals surface area contributed by atoms with Crippen LogP contribution in [0, 0.1) is 0 Å². The Balaban J connectivity index is 1.98. The molecule has 4 nitrogen and oxygen atoms in total. The maximum atomic E-state index is 5.99. The Morgan fingerprint density at radius 3 is 2.74 bits per heavy atom. The molecule has 1 aromatic carbocycles. The molecule has 0 aliphatic carbocycles. The number of hydrogen-bond acceptors (Lipinski definition) is 4. The third kappa shape index (κ3) is 4.04. The lowest BCUT2D eigenvalue weighted by Crippen LogP contribution is -2.10. The molecule has 5 heteroatoms. The van der Waals surface area contributed by atoms with Gasteiger partial charge in [-0.2, -0.15) is 4.98 Å². The van der Waals surface area contributed by atoms with E-state index in [1.165, 1.54) is 0 Å². The average molecular weight is 280 g/mol. The SMILES string of the molecule is CCCC[C@H](N)c1nc(Cc2ccc(Cl)cc2)no1. The molecule has 0 radical (unpaired) electrons. The summed E-state index contributed by atoms with van der Waals surface area (Å²) >= 11 is 5.84. The molecule has 2 rings (SSSR count). The van der Waals surface area contributed by atoms with Crippen LogP contribution in [0.2, 0.25) is 5.02 Å². The highest BCUT2D eigenvalue weighted by molar-refractivity contribution is 6.30. The Kier molecular flexibility index (Phi) is 4.93. The predicted octanol–water partition coefficient (Wildman–Crippen LogP) is 3.50. The summed E-state index contributed by atoms with van der Waals surface area (Å²) in [4.78, 5) is 4.35. The molecule has 0 aliphatic rings. The molecule has 0 fully saturated rings. The third-order valence-corrected chi connectivity index (χ3v) is 3.20. The van der Waals surface area contributed by atoms with Crippen LogP contribution in [-0.4, -0.2) is 10.1 Å². The van der Waals surface area contributed by atoms with E-state index >= 15 is 0 Å². The first kappa shape index (κ1) is 14.0. The van der Waals surface area contributed by atoms with E-state index in [4.69, 9.17) is 21.9 Å². The summed E-state index contributed by atoms with van der Waals surface area (Å²) in [7, 11) is 0. The van der Waals surface area contributed by atoms with Gasteiger partial charge in [-0.1, -0.05) is 48.7 Å². The zero-order valence-electron chi connectivity index (χ0n) is 11.0. The van der Waals surface area contributed by atoms with Crippen LogP contribution in [0.1, 0.15) is 49.5 Å². The molecule has 2 N–H and O–H groups in total. The summed E-state index contributed by atoms with van der Waals surface area (Å²) in [5.74, 6) is 1.18. The van der Waals surface area contributed by atoms with E-state index in [9.17, 15) is 0 Å². The van der Waals surface area contributed by atoms with E-state index in [2.05, 4.69) is 17.1 Å². The van der Waals surface area contributed by atoms with Crippen LogP contribution < -0.4 is 5.73 Å². The Morgan fingerprint density at radius 1 is 1.32 bits per heavy atom. The number of rotatable bonds is 6. The van der Waals surface area contributed by atoms with Crippen molar-refractivity contribution in [2.24, 2.45) is 5.73 Å². The first-order valence-corrected chi connectivity index (χ1v) is 6.89. The van der Waals surface area contributed by atoms with Crippen LogP contribution in [0.15, 0.2) is 28.8 Å². The number of benzene rings is 1. The van der Waals surface area contributed by atoms with Crippen molar-refractivity contribution < 1.29 is 4.52 Å². The van der Waals surface area contributed by atoms with Crippen molar-refractivity contribution in [2.75, 3.05) is 0 Å². The van der Waals surface area contributed by atoms with Crippen molar-refractivity contribution in [3.05, 3.63) is 46.6 Å². The van der Waals surface area contributed by atoms with Gasteiger partial charge in [-0.3, -0.25) is 0 Å². The summed E-state index contributed by atoms with van der Waals surface area (Å²) in [6, 6.07) is 7.45. The lowest BCUT2D eigenvalue weighted by Gasteiger charge is -2.03. The van der Waals surface area contributed by atoms with Gasteiger partial charge in [0.2, 0.25) is 5.89 Å². The second-order valence-corrected chi connectivity index (χ2v) is 5.04. The maximum absolute atomic E-state index is 5.99. The number of aromatic nitrogens is 2. The first-order valence-electron chi connectivity index (χ1n) is 6.51. The fourth-order valence-electron chi connectivity index (χ4n) is 1.82. The normalized spacial score (nSPS) is 12.6. The zero-order valence-corrected chi connectivity index (χ0v) is 11.7. The Bertz CT molecular complexity index is 510. The predicted molar refractivity (Wildman–Crippen MR) is 75.0 cm³/mol. The molecule has 2 aromatic rings. The molecule has 0 saturated heterocycles. The van der Waals surface area contributed by atoms with Gasteiger partial charge in [0.15, 0.2) is 5.82 Å². The standard InChI is InChI=1S/C14H18ClN3O/c1-2-3-4-12(16)14-17-13(18-19-14)9-10-5-7-11(15)8-6-10/h5-8,12H,2-4,9,16H2,1H3/t12-/m0/s1. The lowest BCUT2D eigenvalue weighted by molar-refractivity contribution is 0.343. The van der Waals surface area contributed by atoms with Crippen LogP contribution in [0.5, 0.6) is 0 Å². The van der Waals surface area contributed by atoms with Crippen molar-refractivity contribution in [1.29, 1.82) is 0 Å². The minimum absolute atomic E-state index is 0.161. The maximum Gasteiger partial charge on any atom is 0.243 e. The van der Waals surface area contributed by atoms with E-state index in [1.807, 2.05) is 24.3 Å². The van der Waals surface area contributed by atoms with E-state index < -0.39 is 0 Å². The van der Waals surface area contributed by atoms with Gasteiger partial charge in [0.05, 0.1) is 6.04 Å². The van der Waals surface area contributed by atoms with Crippen molar-refractivity contribution in [2.45, 2.75) is 38.6 Å². The Labute approximate surface area is 118 Å². The average Bonchev–Trinajstić information content (AvgIpc) is 2.87. The van der Waals surface area contributed by atoms with Gasteiger partial charge in [-0.25, -0.2) is 0 Å². The van der Waals surface area contributed by atoms with Gasteiger partial charge in [0.25, 0.3) is 0 Å². The van der Waals surface area contributed by atoms with Crippen LogP contribution >= 0.6 is 11.6 Å². The Hall–Kier alpha value is -1.39. The molecule has 1 heterocycles. The molecule has 0 bridgehead atoms. The largest absolute Gasteiger partial charge is 0.338 e. The number of nitrogens with zero attached hydrogens (tertiary/aromatic N) is 2. The number of unbranched alkanes of at least 4 members (excludes halogenated alkanes) is 1. The van der Waals surface area contributed by atoms with Gasteiger partial charge in [0.1, 0.15) is 0 Å². The second-order valence-electron chi connectivity index (χ2n) is 4.60.